The highest BCUT2D eigenvalue weighted by Gasteiger charge is 2.56. The van der Waals surface area contributed by atoms with Crippen LogP contribution in [0.1, 0.15) is 64.9 Å². The lowest BCUT2D eigenvalue weighted by Gasteiger charge is -2.41. The van der Waals surface area contributed by atoms with Crippen molar-refractivity contribution in [3.05, 3.63) is 34.3 Å². The minimum atomic E-state index is -1.03. The van der Waals surface area contributed by atoms with E-state index in [2.05, 4.69) is 15.9 Å². The summed E-state index contributed by atoms with van der Waals surface area (Å²) >= 11 is 3.49. The van der Waals surface area contributed by atoms with Gasteiger partial charge in [0.05, 0.1) is 6.54 Å². The molecule has 0 aromatic heterocycles. The molecular weight excluding hydrogens is 382 g/mol. The second-order valence-electron chi connectivity index (χ2n) is 8.57. The number of hydrogen-bond donors (Lipinski definition) is 1. The standard InChI is InChI=1S/C20H28BrNO3/c1-18(2,3)25-17(23)22-14-20(24,15-8-7-9-16(21)12-15)13-19(22)10-5-4-6-11-19/h7-9,12,24H,4-6,10-11,13-14H2,1-3H3. The number of hydrogen-bond acceptors (Lipinski definition) is 3. The van der Waals surface area contributed by atoms with Gasteiger partial charge in [0.15, 0.2) is 0 Å². The average Bonchev–Trinajstić information content (AvgIpc) is 2.80. The van der Waals surface area contributed by atoms with Crippen LogP contribution in [0.25, 0.3) is 0 Å². The second kappa shape index (κ2) is 6.58. The third-order valence-electron chi connectivity index (χ3n) is 5.37. The maximum atomic E-state index is 12.9. The molecule has 4 nitrogen and oxygen atoms in total. The van der Waals surface area contributed by atoms with Crippen LogP contribution < -0.4 is 0 Å². The van der Waals surface area contributed by atoms with Gasteiger partial charge in [-0.05, 0) is 51.3 Å². The van der Waals surface area contributed by atoms with Gasteiger partial charge in [0.2, 0.25) is 0 Å². The van der Waals surface area contributed by atoms with Crippen molar-refractivity contribution in [2.45, 2.75) is 76.0 Å². The average molecular weight is 410 g/mol. The Morgan fingerprint density at radius 3 is 2.52 bits per heavy atom. The molecule has 0 bridgehead atoms. The van der Waals surface area contributed by atoms with Crippen molar-refractivity contribution < 1.29 is 14.6 Å². The van der Waals surface area contributed by atoms with E-state index in [1.54, 1.807) is 0 Å². The van der Waals surface area contributed by atoms with Crippen LogP contribution in [-0.2, 0) is 10.3 Å². The summed E-state index contributed by atoms with van der Waals surface area (Å²) in [5.41, 5.74) is -1.00. The van der Waals surface area contributed by atoms with E-state index in [0.29, 0.717) is 13.0 Å². The normalized spacial score (nSPS) is 26.0. The molecule has 1 amide bonds. The summed E-state index contributed by atoms with van der Waals surface area (Å²) in [6, 6.07) is 7.78. The van der Waals surface area contributed by atoms with E-state index >= 15 is 0 Å². The topological polar surface area (TPSA) is 49.8 Å². The molecule has 0 radical (unpaired) electrons. The molecule has 25 heavy (non-hydrogen) atoms. The lowest BCUT2D eigenvalue weighted by Crippen LogP contribution is -2.50. The highest BCUT2D eigenvalue weighted by atomic mass is 79.9. The van der Waals surface area contributed by atoms with Crippen molar-refractivity contribution in [3.63, 3.8) is 0 Å². The van der Waals surface area contributed by atoms with Crippen molar-refractivity contribution in [2.75, 3.05) is 6.54 Å². The molecule has 3 rings (SSSR count). The molecule has 1 spiro atoms. The Balaban J connectivity index is 1.94. The Labute approximate surface area is 158 Å². The molecule has 1 atom stereocenters. The molecule has 1 saturated heterocycles. The summed E-state index contributed by atoms with van der Waals surface area (Å²) in [6.45, 7) is 5.94. The van der Waals surface area contributed by atoms with E-state index < -0.39 is 11.2 Å². The summed E-state index contributed by atoms with van der Waals surface area (Å²) in [4.78, 5) is 14.7. The second-order valence-corrected chi connectivity index (χ2v) is 9.49. The van der Waals surface area contributed by atoms with Crippen molar-refractivity contribution in [2.24, 2.45) is 0 Å². The number of likely N-dealkylation sites (tertiary alicyclic amines) is 1. The summed E-state index contributed by atoms with van der Waals surface area (Å²) in [5.74, 6) is 0. The van der Waals surface area contributed by atoms with Crippen molar-refractivity contribution >= 4 is 22.0 Å². The fourth-order valence-corrected chi connectivity index (χ4v) is 4.73. The van der Waals surface area contributed by atoms with Gasteiger partial charge in [-0.1, -0.05) is 47.3 Å². The van der Waals surface area contributed by atoms with Gasteiger partial charge < -0.3 is 9.84 Å². The zero-order valence-corrected chi connectivity index (χ0v) is 16.9. The number of nitrogens with zero attached hydrogens (tertiary/aromatic N) is 1. The molecule has 1 aliphatic heterocycles. The monoisotopic (exact) mass is 409 g/mol. The smallest absolute Gasteiger partial charge is 0.410 e. The number of halogens is 1. The van der Waals surface area contributed by atoms with Gasteiger partial charge in [-0.15, -0.1) is 0 Å². The Morgan fingerprint density at radius 2 is 1.92 bits per heavy atom. The highest BCUT2D eigenvalue weighted by molar-refractivity contribution is 9.10. The van der Waals surface area contributed by atoms with E-state index in [0.717, 1.165) is 35.7 Å². The number of aliphatic hydroxyl groups is 1. The molecule has 1 saturated carbocycles. The number of carbonyl (C=O) groups excluding carboxylic acids is 1. The predicted molar refractivity (Wildman–Crippen MR) is 101 cm³/mol. The molecule has 1 aromatic carbocycles. The first-order valence-electron chi connectivity index (χ1n) is 9.13. The van der Waals surface area contributed by atoms with Crippen LogP contribution in [0.2, 0.25) is 0 Å². The van der Waals surface area contributed by atoms with Gasteiger partial charge in [-0.25, -0.2) is 4.79 Å². The fraction of sp³-hybridized carbons (Fsp3) is 0.650. The molecule has 1 N–H and O–H groups in total. The maximum Gasteiger partial charge on any atom is 0.410 e. The number of ether oxygens (including phenoxy) is 1. The van der Waals surface area contributed by atoms with Crippen molar-refractivity contribution in [1.82, 2.24) is 4.90 Å². The van der Waals surface area contributed by atoms with Gasteiger partial charge in [0.25, 0.3) is 0 Å². The summed E-state index contributed by atoms with van der Waals surface area (Å²) < 4.78 is 6.61. The summed E-state index contributed by atoms with van der Waals surface area (Å²) in [7, 11) is 0. The number of benzene rings is 1. The molecule has 2 fully saturated rings. The molecule has 1 aliphatic carbocycles. The zero-order valence-electron chi connectivity index (χ0n) is 15.3. The summed E-state index contributed by atoms with van der Waals surface area (Å²) in [5, 5.41) is 11.5. The zero-order chi connectivity index (χ0) is 18.3. The van der Waals surface area contributed by atoms with E-state index in [4.69, 9.17) is 4.74 Å². The maximum absolute atomic E-state index is 12.9. The third-order valence-corrected chi connectivity index (χ3v) is 5.87. The van der Waals surface area contributed by atoms with E-state index in [9.17, 15) is 9.90 Å². The number of rotatable bonds is 1. The molecule has 2 aliphatic rings. The Bertz CT molecular complexity index is 649. The Hall–Kier alpha value is -1.07. The number of β-amino-alcohol motifs (C(OH)–C–C–N with tert-alkyl or cyclic N) is 1. The summed E-state index contributed by atoms with van der Waals surface area (Å²) in [6.07, 6.45) is 5.52. The molecule has 1 unspecified atom stereocenters. The molecule has 1 heterocycles. The molecule has 1 aromatic rings. The minimum absolute atomic E-state index is 0.290. The Kier molecular flexibility index (Phi) is 4.93. The van der Waals surface area contributed by atoms with Gasteiger partial charge in [0.1, 0.15) is 11.2 Å². The lowest BCUT2D eigenvalue weighted by atomic mass is 9.76. The number of amides is 1. The molecule has 5 heteroatoms. The number of carbonyl (C=O) groups is 1. The lowest BCUT2D eigenvalue weighted by molar-refractivity contribution is -0.00172. The largest absolute Gasteiger partial charge is 0.444 e. The fourth-order valence-electron chi connectivity index (χ4n) is 4.33. The predicted octanol–water partition coefficient (Wildman–Crippen LogP) is 4.98. The van der Waals surface area contributed by atoms with Crippen LogP contribution in [-0.4, -0.2) is 33.8 Å². The van der Waals surface area contributed by atoms with Crippen LogP contribution >= 0.6 is 15.9 Å². The van der Waals surface area contributed by atoms with Crippen molar-refractivity contribution in [3.8, 4) is 0 Å². The van der Waals surface area contributed by atoms with Crippen LogP contribution in [0, 0.1) is 0 Å². The van der Waals surface area contributed by atoms with Gasteiger partial charge >= 0.3 is 6.09 Å². The molecular formula is C20H28BrNO3. The van der Waals surface area contributed by atoms with Crippen LogP contribution in [0.5, 0.6) is 0 Å². The van der Waals surface area contributed by atoms with Crippen LogP contribution in [0.15, 0.2) is 28.7 Å². The van der Waals surface area contributed by atoms with Gasteiger partial charge in [-0.3, -0.25) is 4.90 Å². The SMILES string of the molecule is CC(C)(C)OC(=O)N1CC(O)(c2cccc(Br)c2)CC12CCCCC2. The van der Waals surface area contributed by atoms with E-state index in [1.807, 2.05) is 49.9 Å². The third kappa shape index (κ3) is 3.87. The van der Waals surface area contributed by atoms with Gasteiger partial charge in [0, 0.05) is 16.4 Å². The first-order chi connectivity index (χ1) is 11.6. The van der Waals surface area contributed by atoms with Crippen LogP contribution in [0.3, 0.4) is 0 Å². The van der Waals surface area contributed by atoms with Crippen LogP contribution in [0.4, 0.5) is 4.79 Å². The first kappa shape index (κ1) is 18.7. The van der Waals surface area contributed by atoms with E-state index in [1.165, 1.54) is 6.42 Å². The Morgan fingerprint density at radius 1 is 1.24 bits per heavy atom. The first-order valence-corrected chi connectivity index (χ1v) is 9.92. The van der Waals surface area contributed by atoms with Crippen molar-refractivity contribution in [1.29, 1.82) is 0 Å². The van der Waals surface area contributed by atoms with Gasteiger partial charge in [-0.2, -0.15) is 0 Å². The molecule has 138 valence electrons. The quantitative estimate of drug-likeness (QED) is 0.711. The van der Waals surface area contributed by atoms with E-state index in [-0.39, 0.29) is 11.6 Å². The minimum Gasteiger partial charge on any atom is -0.444 e. The highest BCUT2D eigenvalue weighted by Crippen LogP contribution is 2.49.